The van der Waals surface area contributed by atoms with Gasteiger partial charge in [0.05, 0.1) is 0 Å². The van der Waals surface area contributed by atoms with Crippen LogP contribution < -0.4 is 5.32 Å². The standard InChI is InChI=1S/C20H27N/c1-16(2)13-18-9-11-20(12-10-18)17(3)14-21-15-19-7-5-4-6-8-19/h4-12,16-17,21H,13-15H2,1-3H3. The first-order chi connectivity index (χ1) is 10.1. The highest BCUT2D eigenvalue weighted by atomic mass is 14.9. The summed E-state index contributed by atoms with van der Waals surface area (Å²) in [7, 11) is 0. The van der Waals surface area contributed by atoms with E-state index in [1.54, 1.807) is 0 Å². The highest BCUT2D eigenvalue weighted by Crippen LogP contribution is 2.17. The van der Waals surface area contributed by atoms with E-state index in [1.165, 1.54) is 23.1 Å². The average Bonchev–Trinajstić information content (AvgIpc) is 2.48. The Morgan fingerprint density at radius 1 is 0.810 bits per heavy atom. The van der Waals surface area contributed by atoms with E-state index in [0.717, 1.165) is 19.0 Å². The zero-order chi connectivity index (χ0) is 15.1. The van der Waals surface area contributed by atoms with Crippen LogP contribution in [-0.2, 0) is 13.0 Å². The molecule has 0 saturated carbocycles. The van der Waals surface area contributed by atoms with Gasteiger partial charge in [0.25, 0.3) is 0 Å². The van der Waals surface area contributed by atoms with Crippen molar-refractivity contribution in [3.8, 4) is 0 Å². The summed E-state index contributed by atoms with van der Waals surface area (Å²) < 4.78 is 0. The van der Waals surface area contributed by atoms with Crippen molar-refractivity contribution in [3.63, 3.8) is 0 Å². The maximum absolute atomic E-state index is 3.55. The topological polar surface area (TPSA) is 12.0 Å². The third-order valence-electron chi connectivity index (χ3n) is 3.82. The molecule has 0 radical (unpaired) electrons. The van der Waals surface area contributed by atoms with Gasteiger partial charge >= 0.3 is 0 Å². The summed E-state index contributed by atoms with van der Waals surface area (Å²) in [6, 6.07) is 19.7. The van der Waals surface area contributed by atoms with Gasteiger partial charge in [0.1, 0.15) is 0 Å². The smallest absolute Gasteiger partial charge is 0.0205 e. The Bertz CT molecular complexity index is 513. The normalized spacial score (nSPS) is 12.6. The quantitative estimate of drug-likeness (QED) is 0.770. The largest absolute Gasteiger partial charge is 0.312 e. The number of hydrogen-bond donors (Lipinski definition) is 1. The monoisotopic (exact) mass is 281 g/mol. The van der Waals surface area contributed by atoms with Crippen LogP contribution in [0.2, 0.25) is 0 Å². The molecule has 21 heavy (non-hydrogen) atoms. The molecule has 1 N–H and O–H groups in total. The highest BCUT2D eigenvalue weighted by Gasteiger charge is 2.05. The van der Waals surface area contributed by atoms with Crippen molar-refractivity contribution in [3.05, 3.63) is 71.3 Å². The molecule has 0 amide bonds. The Kier molecular flexibility index (Phi) is 6.01. The summed E-state index contributed by atoms with van der Waals surface area (Å²) in [6.45, 7) is 8.78. The van der Waals surface area contributed by atoms with Crippen LogP contribution >= 0.6 is 0 Å². The lowest BCUT2D eigenvalue weighted by molar-refractivity contribution is 0.614. The molecule has 2 aromatic carbocycles. The Morgan fingerprint density at radius 2 is 1.48 bits per heavy atom. The molecular formula is C20H27N. The number of nitrogens with one attached hydrogen (secondary N) is 1. The van der Waals surface area contributed by atoms with Gasteiger partial charge in [-0.05, 0) is 34.9 Å². The molecule has 0 aliphatic carbocycles. The summed E-state index contributed by atoms with van der Waals surface area (Å²) >= 11 is 0. The maximum atomic E-state index is 3.55. The Labute approximate surface area is 129 Å². The molecule has 0 heterocycles. The third-order valence-corrected chi connectivity index (χ3v) is 3.82. The van der Waals surface area contributed by atoms with Gasteiger partial charge in [-0.15, -0.1) is 0 Å². The first-order valence-electron chi connectivity index (χ1n) is 7.98. The van der Waals surface area contributed by atoms with Crippen LogP contribution in [0.15, 0.2) is 54.6 Å². The van der Waals surface area contributed by atoms with E-state index in [-0.39, 0.29) is 0 Å². The highest BCUT2D eigenvalue weighted by molar-refractivity contribution is 5.25. The van der Waals surface area contributed by atoms with Gasteiger partial charge in [-0.3, -0.25) is 0 Å². The molecule has 0 fully saturated rings. The van der Waals surface area contributed by atoms with E-state index in [1.807, 2.05) is 0 Å². The summed E-state index contributed by atoms with van der Waals surface area (Å²) in [4.78, 5) is 0. The van der Waals surface area contributed by atoms with Gasteiger partial charge in [-0.2, -0.15) is 0 Å². The zero-order valence-electron chi connectivity index (χ0n) is 13.5. The molecule has 2 aromatic rings. The van der Waals surface area contributed by atoms with Crippen molar-refractivity contribution in [2.45, 2.75) is 39.7 Å². The molecule has 1 atom stereocenters. The molecular weight excluding hydrogens is 254 g/mol. The molecule has 0 bridgehead atoms. The minimum Gasteiger partial charge on any atom is -0.312 e. The molecule has 1 unspecified atom stereocenters. The van der Waals surface area contributed by atoms with Gasteiger partial charge in [-0.1, -0.05) is 75.4 Å². The molecule has 1 nitrogen and oxygen atoms in total. The molecule has 0 saturated heterocycles. The van der Waals surface area contributed by atoms with Crippen LogP contribution in [0.3, 0.4) is 0 Å². The summed E-state index contributed by atoms with van der Waals surface area (Å²) in [5.74, 6) is 1.27. The molecule has 0 spiro atoms. The van der Waals surface area contributed by atoms with Crippen molar-refractivity contribution in [1.29, 1.82) is 0 Å². The second-order valence-corrected chi connectivity index (χ2v) is 6.36. The van der Waals surface area contributed by atoms with E-state index in [2.05, 4.69) is 80.7 Å². The molecule has 0 aliphatic heterocycles. The average molecular weight is 281 g/mol. The minimum absolute atomic E-state index is 0.543. The summed E-state index contributed by atoms with van der Waals surface area (Å²) in [5, 5.41) is 3.55. The van der Waals surface area contributed by atoms with Gasteiger partial charge in [0.2, 0.25) is 0 Å². The Hall–Kier alpha value is -1.60. The lowest BCUT2D eigenvalue weighted by Crippen LogP contribution is -2.19. The minimum atomic E-state index is 0.543. The van der Waals surface area contributed by atoms with Crippen LogP contribution in [0.4, 0.5) is 0 Å². The van der Waals surface area contributed by atoms with Gasteiger partial charge < -0.3 is 5.32 Å². The fourth-order valence-electron chi connectivity index (χ4n) is 2.60. The van der Waals surface area contributed by atoms with Gasteiger partial charge in [0, 0.05) is 13.1 Å². The van der Waals surface area contributed by atoms with Crippen molar-refractivity contribution < 1.29 is 0 Å². The van der Waals surface area contributed by atoms with Crippen LogP contribution in [0, 0.1) is 5.92 Å². The fraction of sp³-hybridized carbons (Fsp3) is 0.400. The van der Waals surface area contributed by atoms with Crippen LogP contribution in [0.25, 0.3) is 0 Å². The second kappa shape index (κ2) is 7.99. The first kappa shape index (κ1) is 15.8. The predicted octanol–water partition coefficient (Wildman–Crippen LogP) is 4.78. The predicted molar refractivity (Wildman–Crippen MR) is 91.5 cm³/mol. The SMILES string of the molecule is CC(C)Cc1ccc(C(C)CNCc2ccccc2)cc1. The van der Waals surface area contributed by atoms with E-state index >= 15 is 0 Å². The van der Waals surface area contributed by atoms with Crippen molar-refractivity contribution in [2.24, 2.45) is 5.92 Å². The van der Waals surface area contributed by atoms with E-state index in [4.69, 9.17) is 0 Å². The summed E-state index contributed by atoms with van der Waals surface area (Å²) in [5.41, 5.74) is 4.21. The van der Waals surface area contributed by atoms with E-state index < -0.39 is 0 Å². The number of benzene rings is 2. The lowest BCUT2D eigenvalue weighted by Gasteiger charge is -2.14. The first-order valence-corrected chi connectivity index (χ1v) is 7.98. The number of rotatable bonds is 7. The zero-order valence-corrected chi connectivity index (χ0v) is 13.5. The van der Waals surface area contributed by atoms with Crippen LogP contribution in [-0.4, -0.2) is 6.54 Å². The van der Waals surface area contributed by atoms with Crippen molar-refractivity contribution in [2.75, 3.05) is 6.54 Å². The number of hydrogen-bond acceptors (Lipinski definition) is 1. The molecule has 0 aromatic heterocycles. The van der Waals surface area contributed by atoms with E-state index in [9.17, 15) is 0 Å². The molecule has 1 heteroatoms. The Morgan fingerprint density at radius 3 is 2.10 bits per heavy atom. The van der Waals surface area contributed by atoms with Crippen molar-refractivity contribution in [1.82, 2.24) is 5.32 Å². The van der Waals surface area contributed by atoms with E-state index in [0.29, 0.717) is 5.92 Å². The molecule has 0 aliphatic rings. The lowest BCUT2D eigenvalue weighted by atomic mass is 9.97. The van der Waals surface area contributed by atoms with Crippen LogP contribution in [0.5, 0.6) is 0 Å². The van der Waals surface area contributed by atoms with Gasteiger partial charge in [-0.25, -0.2) is 0 Å². The fourth-order valence-corrected chi connectivity index (χ4v) is 2.60. The summed E-state index contributed by atoms with van der Waals surface area (Å²) in [6.07, 6.45) is 1.17. The Balaban J connectivity index is 1.81. The third kappa shape index (κ3) is 5.35. The molecule has 112 valence electrons. The maximum Gasteiger partial charge on any atom is 0.0205 e. The second-order valence-electron chi connectivity index (χ2n) is 6.36. The molecule has 2 rings (SSSR count). The van der Waals surface area contributed by atoms with Gasteiger partial charge in [0.15, 0.2) is 0 Å². The van der Waals surface area contributed by atoms with Crippen molar-refractivity contribution >= 4 is 0 Å². The van der Waals surface area contributed by atoms with Crippen LogP contribution in [0.1, 0.15) is 43.4 Å².